The molecule has 1 unspecified atom stereocenters. The summed E-state index contributed by atoms with van der Waals surface area (Å²) in [5, 5.41) is 6.25. The predicted molar refractivity (Wildman–Crippen MR) is 80.5 cm³/mol. The molecule has 0 saturated heterocycles. The lowest BCUT2D eigenvalue weighted by Gasteiger charge is -2.18. The van der Waals surface area contributed by atoms with Crippen LogP contribution in [0.5, 0.6) is 0 Å². The monoisotopic (exact) mass is 282 g/mol. The van der Waals surface area contributed by atoms with Crippen molar-refractivity contribution in [1.29, 1.82) is 0 Å². The van der Waals surface area contributed by atoms with E-state index in [1.54, 1.807) is 0 Å². The Bertz CT molecular complexity index is 379. The quantitative estimate of drug-likeness (QED) is 0.755. The smallest absolute Gasteiger partial charge is 0.220 e. The van der Waals surface area contributed by atoms with Crippen LogP contribution in [-0.4, -0.2) is 19.5 Å². The molecule has 4 heteroatoms. The fraction of sp³-hybridized carbons (Fsp3) is 0.533. The largest absolute Gasteiger partial charge is 0.349 e. The van der Waals surface area contributed by atoms with Gasteiger partial charge in [0.05, 0.1) is 6.04 Å². The maximum atomic E-state index is 11.9. The number of carbonyl (C=O) groups excluding carboxylic acids is 1. The summed E-state index contributed by atoms with van der Waals surface area (Å²) in [6, 6.07) is 10.5. The zero-order valence-corrected chi connectivity index (χ0v) is 12.2. The molecule has 0 heterocycles. The third-order valence-corrected chi connectivity index (χ3v) is 3.40. The molecule has 1 amide bonds. The molecule has 1 aromatic carbocycles. The minimum absolute atomic E-state index is 0. The molecule has 0 bridgehead atoms. The molecule has 1 aromatic rings. The van der Waals surface area contributed by atoms with Crippen molar-refractivity contribution < 1.29 is 4.79 Å². The van der Waals surface area contributed by atoms with Gasteiger partial charge in [0.1, 0.15) is 0 Å². The first kappa shape index (κ1) is 16.0. The molecule has 1 saturated carbocycles. The van der Waals surface area contributed by atoms with Gasteiger partial charge in [-0.25, -0.2) is 0 Å². The molecule has 1 aliphatic rings. The second kappa shape index (κ2) is 8.18. The van der Waals surface area contributed by atoms with Crippen LogP contribution in [0.2, 0.25) is 0 Å². The molecule has 1 aliphatic carbocycles. The Morgan fingerprint density at radius 3 is 2.58 bits per heavy atom. The predicted octanol–water partition coefficient (Wildman–Crippen LogP) is 2.68. The maximum absolute atomic E-state index is 11.9. The lowest BCUT2D eigenvalue weighted by molar-refractivity contribution is -0.122. The average molecular weight is 283 g/mol. The zero-order valence-electron chi connectivity index (χ0n) is 11.4. The summed E-state index contributed by atoms with van der Waals surface area (Å²) in [5.74, 6) is 0.812. The highest BCUT2D eigenvalue weighted by Gasteiger charge is 2.33. The molecule has 106 valence electrons. The standard InChI is InChI=1S/C15H22N2O.ClH/c1-16-11-5-8-14(18)17-15(13-9-10-13)12-6-3-2-4-7-12;/h2-4,6-7,13,15-16H,5,8-11H2,1H3,(H,17,18);1H. The summed E-state index contributed by atoms with van der Waals surface area (Å²) in [6.07, 6.45) is 3.97. The van der Waals surface area contributed by atoms with Crippen molar-refractivity contribution in [2.45, 2.75) is 31.7 Å². The molecule has 0 aliphatic heterocycles. The van der Waals surface area contributed by atoms with Crippen molar-refractivity contribution in [3.05, 3.63) is 35.9 Å². The van der Waals surface area contributed by atoms with E-state index in [2.05, 4.69) is 22.8 Å². The van der Waals surface area contributed by atoms with E-state index in [-0.39, 0.29) is 24.4 Å². The van der Waals surface area contributed by atoms with Gasteiger partial charge in [0, 0.05) is 6.42 Å². The van der Waals surface area contributed by atoms with E-state index in [1.165, 1.54) is 18.4 Å². The molecule has 1 fully saturated rings. The van der Waals surface area contributed by atoms with Crippen LogP contribution in [0, 0.1) is 5.92 Å². The Labute approximate surface area is 121 Å². The van der Waals surface area contributed by atoms with E-state index < -0.39 is 0 Å². The molecule has 2 N–H and O–H groups in total. The van der Waals surface area contributed by atoms with Crippen molar-refractivity contribution in [2.75, 3.05) is 13.6 Å². The summed E-state index contributed by atoms with van der Waals surface area (Å²) < 4.78 is 0. The lowest BCUT2D eigenvalue weighted by atomic mass is 10.0. The lowest BCUT2D eigenvalue weighted by Crippen LogP contribution is -2.30. The van der Waals surface area contributed by atoms with Crippen LogP contribution >= 0.6 is 12.4 Å². The van der Waals surface area contributed by atoms with Gasteiger partial charge in [-0.15, -0.1) is 12.4 Å². The molecule has 1 atom stereocenters. The van der Waals surface area contributed by atoms with Crippen molar-refractivity contribution in [3.8, 4) is 0 Å². The van der Waals surface area contributed by atoms with Gasteiger partial charge in [-0.05, 0) is 44.3 Å². The number of carbonyl (C=O) groups is 1. The summed E-state index contributed by atoms with van der Waals surface area (Å²) in [4.78, 5) is 11.9. The normalized spacial score (nSPS) is 15.4. The minimum atomic E-state index is 0. The van der Waals surface area contributed by atoms with E-state index in [0.29, 0.717) is 12.3 Å². The SMILES string of the molecule is CNCCCC(=O)NC(c1ccccc1)C1CC1.Cl. The maximum Gasteiger partial charge on any atom is 0.220 e. The van der Waals surface area contributed by atoms with Crippen LogP contribution in [0.3, 0.4) is 0 Å². The van der Waals surface area contributed by atoms with E-state index in [4.69, 9.17) is 0 Å². The molecular formula is C15H23ClN2O. The van der Waals surface area contributed by atoms with Gasteiger partial charge in [0.15, 0.2) is 0 Å². The van der Waals surface area contributed by atoms with Crippen LogP contribution in [-0.2, 0) is 4.79 Å². The molecule has 0 aromatic heterocycles. The zero-order chi connectivity index (χ0) is 12.8. The fourth-order valence-electron chi connectivity index (χ4n) is 2.23. The first-order valence-electron chi connectivity index (χ1n) is 6.80. The second-order valence-corrected chi connectivity index (χ2v) is 5.00. The first-order chi connectivity index (χ1) is 8.81. The van der Waals surface area contributed by atoms with Crippen LogP contribution < -0.4 is 10.6 Å². The van der Waals surface area contributed by atoms with Gasteiger partial charge >= 0.3 is 0 Å². The Kier molecular flexibility index (Phi) is 6.89. The first-order valence-corrected chi connectivity index (χ1v) is 6.80. The number of nitrogens with one attached hydrogen (secondary N) is 2. The number of hydrogen-bond acceptors (Lipinski definition) is 2. The second-order valence-electron chi connectivity index (χ2n) is 5.00. The molecule has 19 heavy (non-hydrogen) atoms. The van der Waals surface area contributed by atoms with Crippen molar-refractivity contribution in [1.82, 2.24) is 10.6 Å². The van der Waals surface area contributed by atoms with E-state index >= 15 is 0 Å². The number of hydrogen-bond donors (Lipinski definition) is 2. The molecule has 0 radical (unpaired) electrons. The van der Waals surface area contributed by atoms with E-state index in [0.717, 1.165) is 13.0 Å². The summed E-state index contributed by atoms with van der Waals surface area (Å²) in [6.45, 7) is 0.896. The third-order valence-electron chi connectivity index (χ3n) is 3.40. The highest BCUT2D eigenvalue weighted by molar-refractivity contribution is 5.85. The molecule has 0 spiro atoms. The summed E-state index contributed by atoms with van der Waals surface area (Å²) in [5.41, 5.74) is 1.24. The number of benzene rings is 1. The van der Waals surface area contributed by atoms with Gasteiger partial charge in [0.2, 0.25) is 5.91 Å². The van der Waals surface area contributed by atoms with Crippen LogP contribution in [0.25, 0.3) is 0 Å². The Hall–Kier alpha value is -1.06. The minimum Gasteiger partial charge on any atom is -0.349 e. The van der Waals surface area contributed by atoms with Gasteiger partial charge in [-0.3, -0.25) is 4.79 Å². The van der Waals surface area contributed by atoms with Crippen LogP contribution in [0.15, 0.2) is 30.3 Å². The highest BCUT2D eigenvalue weighted by Crippen LogP contribution is 2.40. The summed E-state index contributed by atoms with van der Waals surface area (Å²) in [7, 11) is 1.91. The molecule has 2 rings (SSSR count). The highest BCUT2D eigenvalue weighted by atomic mass is 35.5. The Balaban J connectivity index is 0.00000180. The number of rotatable bonds is 7. The van der Waals surface area contributed by atoms with Gasteiger partial charge in [0.25, 0.3) is 0 Å². The number of halogens is 1. The Morgan fingerprint density at radius 1 is 1.32 bits per heavy atom. The van der Waals surface area contributed by atoms with Gasteiger partial charge < -0.3 is 10.6 Å². The fourth-order valence-corrected chi connectivity index (χ4v) is 2.23. The van der Waals surface area contributed by atoms with Crippen molar-refractivity contribution in [2.24, 2.45) is 5.92 Å². The summed E-state index contributed by atoms with van der Waals surface area (Å²) >= 11 is 0. The number of amides is 1. The van der Waals surface area contributed by atoms with E-state index in [1.807, 2.05) is 25.2 Å². The average Bonchev–Trinajstić information content (AvgIpc) is 3.22. The molecular weight excluding hydrogens is 260 g/mol. The Morgan fingerprint density at radius 2 is 2.00 bits per heavy atom. The van der Waals surface area contributed by atoms with Crippen molar-refractivity contribution in [3.63, 3.8) is 0 Å². The topological polar surface area (TPSA) is 41.1 Å². The third kappa shape index (κ3) is 5.21. The molecule has 3 nitrogen and oxygen atoms in total. The van der Waals surface area contributed by atoms with Crippen LogP contribution in [0.4, 0.5) is 0 Å². The van der Waals surface area contributed by atoms with Crippen molar-refractivity contribution >= 4 is 18.3 Å². The van der Waals surface area contributed by atoms with Crippen LogP contribution in [0.1, 0.15) is 37.3 Å². The van der Waals surface area contributed by atoms with Gasteiger partial charge in [-0.1, -0.05) is 30.3 Å². The van der Waals surface area contributed by atoms with E-state index in [9.17, 15) is 4.79 Å². The van der Waals surface area contributed by atoms with Gasteiger partial charge in [-0.2, -0.15) is 0 Å².